The van der Waals surface area contributed by atoms with E-state index in [4.69, 9.17) is 16.3 Å². The van der Waals surface area contributed by atoms with Crippen LogP contribution < -0.4 is 10.1 Å². The predicted molar refractivity (Wildman–Crippen MR) is 115 cm³/mol. The van der Waals surface area contributed by atoms with Crippen molar-refractivity contribution in [2.75, 3.05) is 38.6 Å². The number of piperidine rings is 1. The van der Waals surface area contributed by atoms with Crippen molar-refractivity contribution in [1.29, 1.82) is 0 Å². The van der Waals surface area contributed by atoms with Crippen LogP contribution in [-0.4, -0.2) is 55.0 Å². The number of nitrogens with one attached hydrogen (secondary N) is 1. The summed E-state index contributed by atoms with van der Waals surface area (Å²) in [6, 6.07) is 13.9. The lowest BCUT2D eigenvalue weighted by Gasteiger charge is -2.27. The van der Waals surface area contributed by atoms with Crippen LogP contribution in [0.25, 0.3) is 0 Å². The van der Waals surface area contributed by atoms with Gasteiger partial charge in [-0.3, -0.25) is 4.79 Å². The van der Waals surface area contributed by atoms with Crippen molar-refractivity contribution >= 4 is 29.2 Å². The summed E-state index contributed by atoms with van der Waals surface area (Å²) in [5.74, 6) is 0.720. The van der Waals surface area contributed by atoms with Gasteiger partial charge >= 0.3 is 6.03 Å². The van der Waals surface area contributed by atoms with Gasteiger partial charge in [-0.1, -0.05) is 17.7 Å². The first kappa shape index (κ1) is 21.0. The molecule has 0 spiro atoms. The molecule has 0 aliphatic carbocycles. The third-order valence-corrected chi connectivity index (χ3v) is 5.11. The first-order valence-corrected chi connectivity index (χ1v) is 10.2. The highest BCUT2D eigenvalue weighted by atomic mass is 35.5. The van der Waals surface area contributed by atoms with Crippen molar-refractivity contribution in [3.63, 3.8) is 0 Å². The molecule has 2 aromatic carbocycles. The number of carbonyl (C=O) groups is 2. The summed E-state index contributed by atoms with van der Waals surface area (Å²) >= 11 is 5.85. The van der Waals surface area contributed by atoms with E-state index in [1.165, 1.54) is 11.3 Å². The van der Waals surface area contributed by atoms with Crippen LogP contribution >= 0.6 is 11.6 Å². The van der Waals surface area contributed by atoms with E-state index >= 15 is 0 Å². The highest BCUT2D eigenvalue weighted by Gasteiger charge is 2.18. The molecular weight excluding hydrogens is 390 g/mol. The van der Waals surface area contributed by atoms with Gasteiger partial charge in [0.05, 0.1) is 6.54 Å². The standard InChI is InChI=1S/C22H26ClN3O3/c1-25(14-15-29-20-10-8-18(23)9-11-20)22(28)24-19-7-5-6-17(16-19)21(27)26-12-3-2-4-13-26/h5-11,16H,2-4,12-15H2,1H3,(H,24,28). The topological polar surface area (TPSA) is 61.9 Å². The SMILES string of the molecule is CN(CCOc1ccc(Cl)cc1)C(=O)Nc1cccc(C(=O)N2CCCCC2)c1. The van der Waals surface area contributed by atoms with Crippen LogP contribution in [0.5, 0.6) is 5.75 Å². The molecule has 1 aliphatic rings. The van der Waals surface area contributed by atoms with E-state index in [1.54, 1.807) is 55.6 Å². The Hall–Kier alpha value is -2.73. The summed E-state index contributed by atoms with van der Waals surface area (Å²) in [5, 5.41) is 3.49. The summed E-state index contributed by atoms with van der Waals surface area (Å²) < 4.78 is 5.62. The Labute approximate surface area is 176 Å². The lowest BCUT2D eigenvalue weighted by molar-refractivity contribution is 0.0724. The highest BCUT2D eigenvalue weighted by molar-refractivity contribution is 6.30. The third kappa shape index (κ3) is 6.12. The van der Waals surface area contributed by atoms with Crippen LogP contribution in [0, 0.1) is 0 Å². The summed E-state index contributed by atoms with van der Waals surface area (Å²) in [7, 11) is 1.70. The summed E-state index contributed by atoms with van der Waals surface area (Å²) in [4.78, 5) is 28.5. The molecular formula is C22H26ClN3O3. The molecule has 154 valence electrons. The maximum atomic E-state index is 12.6. The molecule has 29 heavy (non-hydrogen) atoms. The molecule has 0 unspecified atom stereocenters. The minimum absolute atomic E-state index is 0.0190. The lowest BCUT2D eigenvalue weighted by atomic mass is 10.1. The zero-order valence-electron chi connectivity index (χ0n) is 16.6. The Morgan fingerprint density at radius 3 is 2.55 bits per heavy atom. The largest absolute Gasteiger partial charge is 0.492 e. The van der Waals surface area contributed by atoms with Crippen molar-refractivity contribution in [3.05, 3.63) is 59.1 Å². The Bertz CT molecular complexity index is 835. The molecule has 1 N–H and O–H groups in total. The number of likely N-dealkylation sites (tertiary alicyclic amines) is 1. The van der Waals surface area contributed by atoms with Gasteiger partial charge in [0.25, 0.3) is 5.91 Å². The second-order valence-electron chi connectivity index (χ2n) is 7.09. The first-order valence-electron chi connectivity index (χ1n) is 9.83. The molecule has 0 bridgehead atoms. The Morgan fingerprint density at radius 1 is 1.10 bits per heavy atom. The number of hydrogen-bond acceptors (Lipinski definition) is 3. The molecule has 2 aromatic rings. The number of likely N-dealkylation sites (N-methyl/N-ethyl adjacent to an activating group) is 1. The van der Waals surface area contributed by atoms with E-state index < -0.39 is 0 Å². The number of nitrogens with zero attached hydrogens (tertiary/aromatic N) is 2. The maximum absolute atomic E-state index is 12.6. The fourth-order valence-electron chi connectivity index (χ4n) is 3.16. The Kier molecular flexibility index (Phi) is 7.36. The summed E-state index contributed by atoms with van der Waals surface area (Å²) in [6.07, 6.45) is 3.27. The average molecular weight is 416 g/mol. The smallest absolute Gasteiger partial charge is 0.321 e. The van der Waals surface area contributed by atoms with E-state index in [0.717, 1.165) is 25.9 Å². The minimum Gasteiger partial charge on any atom is -0.492 e. The second kappa shape index (κ2) is 10.2. The van der Waals surface area contributed by atoms with E-state index in [9.17, 15) is 9.59 Å². The van der Waals surface area contributed by atoms with E-state index in [2.05, 4.69) is 5.32 Å². The number of halogens is 1. The number of anilines is 1. The van der Waals surface area contributed by atoms with Gasteiger partial charge in [-0.15, -0.1) is 0 Å². The Morgan fingerprint density at radius 2 is 1.83 bits per heavy atom. The summed E-state index contributed by atoms with van der Waals surface area (Å²) in [5.41, 5.74) is 1.20. The van der Waals surface area contributed by atoms with Crippen molar-refractivity contribution in [2.24, 2.45) is 0 Å². The molecule has 0 atom stereocenters. The van der Waals surface area contributed by atoms with Crippen LogP contribution in [0.2, 0.25) is 5.02 Å². The molecule has 7 heteroatoms. The minimum atomic E-state index is -0.257. The lowest BCUT2D eigenvalue weighted by Crippen LogP contribution is -2.36. The quantitative estimate of drug-likeness (QED) is 0.755. The molecule has 3 rings (SSSR count). The first-order chi connectivity index (χ1) is 14.0. The zero-order valence-corrected chi connectivity index (χ0v) is 17.3. The number of carbonyl (C=O) groups excluding carboxylic acids is 2. The number of rotatable bonds is 6. The molecule has 1 fully saturated rings. The van der Waals surface area contributed by atoms with Gasteiger partial charge in [-0.2, -0.15) is 0 Å². The fraction of sp³-hybridized carbons (Fsp3) is 0.364. The van der Waals surface area contributed by atoms with Crippen LogP contribution in [0.4, 0.5) is 10.5 Å². The van der Waals surface area contributed by atoms with Crippen LogP contribution in [0.15, 0.2) is 48.5 Å². The molecule has 1 saturated heterocycles. The van der Waals surface area contributed by atoms with Gasteiger partial charge < -0.3 is 19.9 Å². The van der Waals surface area contributed by atoms with E-state index in [1.807, 2.05) is 4.90 Å². The van der Waals surface area contributed by atoms with Crippen molar-refractivity contribution in [3.8, 4) is 5.75 Å². The monoisotopic (exact) mass is 415 g/mol. The molecule has 0 aromatic heterocycles. The average Bonchev–Trinajstić information content (AvgIpc) is 2.75. The Balaban J connectivity index is 1.50. The fourth-order valence-corrected chi connectivity index (χ4v) is 3.29. The maximum Gasteiger partial charge on any atom is 0.321 e. The second-order valence-corrected chi connectivity index (χ2v) is 7.52. The molecule has 0 radical (unpaired) electrons. The number of urea groups is 1. The van der Waals surface area contributed by atoms with Crippen molar-refractivity contribution < 1.29 is 14.3 Å². The van der Waals surface area contributed by atoms with Crippen molar-refractivity contribution in [1.82, 2.24) is 9.80 Å². The zero-order chi connectivity index (χ0) is 20.6. The highest BCUT2D eigenvalue weighted by Crippen LogP contribution is 2.17. The van der Waals surface area contributed by atoms with Crippen LogP contribution in [-0.2, 0) is 0 Å². The van der Waals surface area contributed by atoms with Gasteiger partial charge in [0.2, 0.25) is 0 Å². The van der Waals surface area contributed by atoms with Gasteiger partial charge in [0.1, 0.15) is 12.4 Å². The van der Waals surface area contributed by atoms with E-state index in [0.29, 0.717) is 35.2 Å². The van der Waals surface area contributed by atoms with Gasteiger partial charge in [-0.25, -0.2) is 4.79 Å². The van der Waals surface area contributed by atoms with E-state index in [-0.39, 0.29) is 11.9 Å². The molecule has 0 saturated carbocycles. The normalized spacial score (nSPS) is 13.7. The predicted octanol–water partition coefficient (Wildman–Crippen LogP) is 4.51. The van der Waals surface area contributed by atoms with Crippen LogP contribution in [0.3, 0.4) is 0 Å². The number of benzene rings is 2. The van der Waals surface area contributed by atoms with Gasteiger partial charge in [0, 0.05) is 36.4 Å². The number of hydrogen-bond donors (Lipinski definition) is 1. The van der Waals surface area contributed by atoms with Crippen LogP contribution in [0.1, 0.15) is 29.6 Å². The molecule has 1 heterocycles. The number of ether oxygens (including phenoxy) is 1. The van der Waals surface area contributed by atoms with Gasteiger partial charge in [-0.05, 0) is 61.7 Å². The molecule has 1 aliphatic heterocycles. The van der Waals surface area contributed by atoms with Gasteiger partial charge in [0.15, 0.2) is 0 Å². The third-order valence-electron chi connectivity index (χ3n) is 4.86. The number of amides is 3. The molecule has 6 nitrogen and oxygen atoms in total. The summed E-state index contributed by atoms with van der Waals surface area (Å²) in [6.45, 7) is 2.37. The molecule has 3 amide bonds. The van der Waals surface area contributed by atoms with Crippen molar-refractivity contribution in [2.45, 2.75) is 19.3 Å².